The normalized spacial score (nSPS) is 14.0. The third-order valence-corrected chi connectivity index (χ3v) is 7.11. The van der Waals surface area contributed by atoms with Gasteiger partial charge in [-0.05, 0) is 49.4 Å². The van der Waals surface area contributed by atoms with Gasteiger partial charge < -0.3 is 37.5 Å². The van der Waals surface area contributed by atoms with Gasteiger partial charge in [0.1, 0.15) is 18.1 Å². The summed E-state index contributed by atoms with van der Waals surface area (Å²) in [5, 5.41) is 18.3. The van der Waals surface area contributed by atoms with Crippen LogP contribution in [0.5, 0.6) is 0 Å². The minimum Gasteiger partial charge on any atom is -0.480 e. The lowest BCUT2D eigenvalue weighted by atomic mass is 10.0. The summed E-state index contributed by atoms with van der Waals surface area (Å²) in [6.07, 6.45) is 3.55. The number of carbonyl (C=O) groups excluding carboxylic acids is 3. The highest BCUT2D eigenvalue weighted by Gasteiger charge is 2.30. The first-order valence-electron chi connectivity index (χ1n) is 13.5. The minimum atomic E-state index is -1.18. The Bertz CT molecular complexity index is 1320. The van der Waals surface area contributed by atoms with Crippen molar-refractivity contribution in [3.63, 3.8) is 0 Å². The Balaban J connectivity index is 1.70. The molecule has 4 unspecified atom stereocenters. The Kier molecular flexibility index (Phi) is 12.2. The summed E-state index contributed by atoms with van der Waals surface area (Å²) >= 11 is 4.19. The van der Waals surface area contributed by atoms with Crippen LogP contribution < -0.4 is 27.4 Å². The Labute approximate surface area is 244 Å². The van der Waals surface area contributed by atoms with E-state index >= 15 is 0 Å². The summed E-state index contributed by atoms with van der Waals surface area (Å²) in [5.41, 5.74) is 14.3. The van der Waals surface area contributed by atoms with E-state index in [9.17, 15) is 24.3 Å². The molecule has 0 spiro atoms. The second-order valence-electron chi connectivity index (χ2n) is 9.85. The summed E-state index contributed by atoms with van der Waals surface area (Å²) in [6, 6.07) is 12.5. The van der Waals surface area contributed by atoms with Crippen LogP contribution in [0.15, 0.2) is 60.8 Å². The van der Waals surface area contributed by atoms with E-state index in [2.05, 4.69) is 33.6 Å². The third-order valence-electron chi connectivity index (χ3n) is 6.74. The van der Waals surface area contributed by atoms with E-state index in [1.54, 1.807) is 0 Å². The average Bonchev–Trinajstić information content (AvgIpc) is 3.37. The molecular formula is C29H38N6O5S. The first kappa shape index (κ1) is 31.7. The van der Waals surface area contributed by atoms with Crippen LogP contribution in [0.1, 0.15) is 30.4 Å². The molecule has 0 bridgehead atoms. The molecule has 0 fully saturated rings. The van der Waals surface area contributed by atoms with Gasteiger partial charge in [-0.25, -0.2) is 4.79 Å². The first-order valence-corrected chi connectivity index (χ1v) is 14.2. The number of benzene rings is 2. The number of nitrogens with one attached hydrogen (secondary N) is 4. The summed E-state index contributed by atoms with van der Waals surface area (Å²) in [4.78, 5) is 54.2. The van der Waals surface area contributed by atoms with Crippen LogP contribution in [0, 0.1) is 0 Å². The number of carboxylic acids is 1. The Morgan fingerprint density at radius 1 is 0.829 bits per heavy atom. The second kappa shape index (κ2) is 15.8. The molecule has 9 N–H and O–H groups in total. The number of unbranched alkanes of at least 4 members (excludes halogenated alkanes) is 1. The van der Waals surface area contributed by atoms with Crippen molar-refractivity contribution in [1.29, 1.82) is 0 Å². The topological polar surface area (TPSA) is 192 Å². The Morgan fingerprint density at radius 2 is 1.46 bits per heavy atom. The highest BCUT2D eigenvalue weighted by Crippen LogP contribution is 2.19. The van der Waals surface area contributed by atoms with Crippen molar-refractivity contribution >= 4 is 47.2 Å². The van der Waals surface area contributed by atoms with Gasteiger partial charge in [-0.2, -0.15) is 12.6 Å². The Morgan fingerprint density at radius 3 is 2.15 bits per heavy atom. The standard InChI is InChI=1S/C29H38N6O5S/c30-13-7-6-12-23(29(39)40)33-28(38)25(17-41)35-27(37)24(14-18-8-2-1-3-9-18)34-26(36)21(31)15-19-16-32-22-11-5-4-10-20(19)22/h1-5,8-11,16,21,23-25,32,41H,6-7,12-15,17,30-31H2,(H,33,38)(H,34,36)(H,35,37)(H,39,40). The van der Waals surface area contributed by atoms with Crippen LogP contribution in [0.2, 0.25) is 0 Å². The number of thiol groups is 1. The van der Waals surface area contributed by atoms with Gasteiger partial charge in [0, 0.05) is 29.3 Å². The van der Waals surface area contributed by atoms with E-state index < -0.39 is 47.9 Å². The summed E-state index contributed by atoms with van der Waals surface area (Å²) < 4.78 is 0. The van der Waals surface area contributed by atoms with Crippen LogP contribution in [-0.2, 0) is 32.0 Å². The number of aromatic nitrogens is 1. The van der Waals surface area contributed by atoms with Crippen LogP contribution in [0.4, 0.5) is 0 Å². The van der Waals surface area contributed by atoms with Gasteiger partial charge in [0.2, 0.25) is 17.7 Å². The average molecular weight is 583 g/mol. The maximum atomic E-state index is 13.4. The third kappa shape index (κ3) is 9.34. The van der Waals surface area contributed by atoms with E-state index in [1.807, 2.05) is 60.8 Å². The van der Waals surface area contributed by atoms with E-state index in [4.69, 9.17) is 11.5 Å². The maximum Gasteiger partial charge on any atom is 0.326 e. The maximum absolute atomic E-state index is 13.4. The zero-order valence-electron chi connectivity index (χ0n) is 22.7. The van der Waals surface area contributed by atoms with Crippen molar-refractivity contribution < 1.29 is 24.3 Å². The zero-order chi connectivity index (χ0) is 29.8. The molecule has 2 aromatic carbocycles. The van der Waals surface area contributed by atoms with Crippen LogP contribution in [-0.4, -0.2) is 70.2 Å². The monoisotopic (exact) mass is 582 g/mol. The number of rotatable bonds is 16. The number of fused-ring (bicyclic) bond motifs is 1. The number of aliphatic carboxylic acids is 1. The molecule has 3 amide bonds. The van der Waals surface area contributed by atoms with Crippen molar-refractivity contribution in [3.05, 3.63) is 71.9 Å². The predicted molar refractivity (Wildman–Crippen MR) is 160 cm³/mol. The van der Waals surface area contributed by atoms with E-state index in [1.165, 1.54) is 0 Å². The van der Waals surface area contributed by atoms with Gasteiger partial charge in [0.15, 0.2) is 0 Å². The molecule has 3 aromatic rings. The van der Waals surface area contributed by atoms with Crippen LogP contribution >= 0.6 is 12.6 Å². The highest BCUT2D eigenvalue weighted by molar-refractivity contribution is 7.80. The molecule has 3 rings (SSSR count). The van der Waals surface area contributed by atoms with Gasteiger partial charge in [-0.1, -0.05) is 48.5 Å². The van der Waals surface area contributed by atoms with E-state index in [0.717, 1.165) is 22.0 Å². The second-order valence-corrected chi connectivity index (χ2v) is 10.2. The number of nitrogens with two attached hydrogens (primary N) is 2. The van der Waals surface area contributed by atoms with Crippen LogP contribution in [0.3, 0.4) is 0 Å². The first-order chi connectivity index (χ1) is 19.7. The molecule has 220 valence electrons. The molecule has 4 atom stereocenters. The molecule has 1 aromatic heterocycles. The number of carbonyl (C=O) groups is 4. The number of amides is 3. The van der Waals surface area contributed by atoms with Crippen molar-refractivity contribution in [3.8, 4) is 0 Å². The van der Waals surface area contributed by atoms with E-state index in [0.29, 0.717) is 19.4 Å². The highest BCUT2D eigenvalue weighted by atomic mass is 32.1. The quantitative estimate of drug-likeness (QED) is 0.0907. The van der Waals surface area contributed by atoms with Gasteiger partial charge in [-0.3, -0.25) is 14.4 Å². The van der Waals surface area contributed by atoms with Gasteiger partial charge >= 0.3 is 5.97 Å². The Hall–Kier alpha value is -3.87. The summed E-state index contributed by atoms with van der Waals surface area (Å²) in [5.74, 6) is -3.10. The number of carboxylic acid groups (broad SMARTS) is 1. The van der Waals surface area contributed by atoms with Crippen molar-refractivity contribution in [2.45, 2.75) is 56.3 Å². The fourth-order valence-corrected chi connectivity index (χ4v) is 4.71. The number of aromatic amines is 1. The summed E-state index contributed by atoms with van der Waals surface area (Å²) in [6.45, 7) is 0.412. The minimum absolute atomic E-state index is 0.0845. The molecule has 0 saturated carbocycles. The molecule has 0 aliphatic heterocycles. The van der Waals surface area contributed by atoms with Crippen molar-refractivity contribution in [2.75, 3.05) is 12.3 Å². The largest absolute Gasteiger partial charge is 0.480 e. The fourth-order valence-electron chi connectivity index (χ4n) is 4.46. The van der Waals surface area contributed by atoms with Crippen LogP contribution in [0.25, 0.3) is 10.9 Å². The molecule has 0 saturated heterocycles. The molecule has 11 nitrogen and oxygen atoms in total. The van der Waals surface area contributed by atoms with Gasteiger partial charge in [0.25, 0.3) is 0 Å². The fraction of sp³-hybridized carbons (Fsp3) is 0.379. The lowest BCUT2D eigenvalue weighted by Crippen LogP contribution is -2.58. The molecule has 12 heteroatoms. The molecule has 0 aliphatic carbocycles. The number of para-hydroxylation sites is 1. The number of H-pyrrole nitrogens is 1. The molecular weight excluding hydrogens is 544 g/mol. The molecule has 41 heavy (non-hydrogen) atoms. The zero-order valence-corrected chi connectivity index (χ0v) is 23.6. The van der Waals surface area contributed by atoms with Crippen molar-refractivity contribution in [1.82, 2.24) is 20.9 Å². The van der Waals surface area contributed by atoms with Gasteiger partial charge in [0.05, 0.1) is 6.04 Å². The SMILES string of the molecule is NCCCCC(NC(=O)C(CS)NC(=O)C(Cc1ccccc1)NC(=O)C(N)Cc1c[nH]c2ccccc12)C(=O)O. The smallest absolute Gasteiger partial charge is 0.326 e. The molecule has 1 heterocycles. The van der Waals surface area contributed by atoms with E-state index in [-0.39, 0.29) is 25.0 Å². The molecule has 0 aliphatic rings. The van der Waals surface area contributed by atoms with Gasteiger partial charge in [-0.15, -0.1) is 0 Å². The van der Waals surface area contributed by atoms with Crippen molar-refractivity contribution in [2.24, 2.45) is 11.5 Å². The number of hydrogen-bond acceptors (Lipinski definition) is 7. The predicted octanol–water partition coefficient (Wildman–Crippen LogP) is 0.878. The lowest BCUT2D eigenvalue weighted by Gasteiger charge is -2.24. The lowest BCUT2D eigenvalue weighted by molar-refractivity contribution is -0.142. The molecule has 0 radical (unpaired) electrons. The summed E-state index contributed by atoms with van der Waals surface area (Å²) in [7, 11) is 0. The number of hydrogen-bond donors (Lipinski definition) is 8.